The number of rotatable bonds is 3. The van der Waals surface area contributed by atoms with E-state index >= 15 is 0 Å². The van der Waals surface area contributed by atoms with E-state index in [9.17, 15) is 0 Å². The Hall–Kier alpha value is -1.05. The molecule has 0 aromatic heterocycles. The van der Waals surface area contributed by atoms with E-state index in [1.165, 1.54) is 0 Å². The van der Waals surface area contributed by atoms with Gasteiger partial charge in [0.05, 0.1) is 19.6 Å². The van der Waals surface area contributed by atoms with E-state index in [1.54, 1.807) is 7.11 Å². The van der Waals surface area contributed by atoms with Gasteiger partial charge in [0, 0.05) is 16.1 Å². The molecule has 2 N–H and O–H groups in total. The molecule has 0 bridgehead atoms. The third kappa shape index (κ3) is 2.47. The van der Waals surface area contributed by atoms with Crippen LogP contribution in [0.2, 0.25) is 0 Å². The molecule has 1 aromatic rings. The number of hydrogen-bond donors (Lipinski definition) is 1. The van der Waals surface area contributed by atoms with E-state index < -0.39 is 0 Å². The van der Waals surface area contributed by atoms with Gasteiger partial charge in [-0.3, -0.25) is 0 Å². The molecule has 0 aliphatic carbocycles. The van der Waals surface area contributed by atoms with E-state index in [0.717, 1.165) is 10.0 Å². The van der Waals surface area contributed by atoms with Gasteiger partial charge in [0.1, 0.15) is 5.75 Å². The Bertz CT molecular complexity index is 360. The molecule has 1 rings (SSSR count). The van der Waals surface area contributed by atoms with Crippen molar-refractivity contribution in [1.29, 1.82) is 5.26 Å². The van der Waals surface area contributed by atoms with Crippen LogP contribution in [0.4, 0.5) is 0 Å². The molecule has 74 valence electrons. The van der Waals surface area contributed by atoms with Crippen LogP contribution in [0.3, 0.4) is 0 Å². The zero-order valence-electron chi connectivity index (χ0n) is 7.83. The summed E-state index contributed by atoms with van der Waals surface area (Å²) in [5.41, 5.74) is 6.67. The SMILES string of the molecule is COc1cc(Br)ccc1[C@H](N)CC#N. The highest BCUT2D eigenvalue weighted by Gasteiger charge is 2.11. The number of nitrogens with zero attached hydrogens (tertiary/aromatic N) is 1. The van der Waals surface area contributed by atoms with Crippen LogP contribution in [-0.2, 0) is 0 Å². The molecule has 0 heterocycles. The lowest BCUT2D eigenvalue weighted by Crippen LogP contribution is -2.10. The number of nitriles is 1. The minimum atomic E-state index is -0.289. The molecule has 4 heteroatoms. The number of benzene rings is 1. The molecule has 0 saturated carbocycles. The van der Waals surface area contributed by atoms with Gasteiger partial charge >= 0.3 is 0 Å². The summed E-state index contributed by atoms with van der Waals surface area (Å²) in [6.07, 6.45) is 0.290. The predicted octanol–water partition coefficient (Wildman–Crippen LogP) is 2.37. The summed E-state index contributed by atoms with van der Waals surface area (Å²) in [4.78, 5) is 0. The number of ether oxygens (including phenoxy) is 1. The van der Waals surface area contributed by atoms with E-state index in [0.29, 0.717) is 5.75 Å². The van der Waals surface area contributed by atoms with Crippen molar-refractivity contribution in [2.75, 3.05) is 7.11 Å². The second-order valence-electron chi connectivity index (χ2n) is 2.86. The van der Waals surface area contributed by atoms with Crippen molar-refractivity contribution in [1.82, 2.24) is 0 Å². The molecule has 0 aliphatic heterocycles. The van der Waals surface area contributed by atoms with Crippen LogP contribution >= 0.6 is 15.9 Å². The van der Waals surface area contributed by atoms with Crippen LogP contribution in [0.5, 0.6) is 5.75 Å². The lowest BCUT2D eigenvalue weighted by molar-refractivity contribution is 0.405. The third-order valence-corrected chi connectivity index (χ3v) is 2.40. The highest BCUT2D eigenvalue weighted by atomic mass is 79.9. The van der Waals surface area contributed by atoms with Crippen LogP contribution in [0.15, 0.2) is 22.7 Å². The maximum absolute atomic E-state index is 8.54. The molecule has 3 nitrogen and oxygen atoms in total. The molecule has 1 atom stereocenters. The summed E-state index contributed by atoms with van der Waals surface area (Å²) in [6.45, 7) is 0. The summed E-state index contributed by atoms with van der Waals surface area (Å²) in [5, 5.41) is 8.54. The quantitative estimate of drug-likeness (QED) is 0.901. The topological polar surface area (TPSA) is 59.0 Å². The fourth-order valence-corrected chi connectivity index (χ4v) is 1.54. The molecule has 0 radical (unpaired) electrons. The van der Waals surface area contributed by atoms with Crippen LogP contribution in [-0.4, -0.2) is 7.11 Å². The zero-order valence-corrected chi connectivity index (χ0v) is 9.41. The molecule has 1 aromatic carbocycles. The molecule has 0 aliphatic rings. The van der Waals surface area contributed by atoms with Gasteiger partial charge < -0.3 is 10.5 Å². The Labute approximate surface area is 91.6 Å². The summed E-state index contributed by atoms with van der Waals surface area (Å²) in [5.74, 6) is 0.710. The first-order valence-corrected chi connectivity index (χ1v) is 4.94. The van der Waals surface area contributed by atoms with E-state index in [4.69, 9.17) is 15.7 Å². The second kappa shape index (κ2) is 4.99. The van der Waals surface area contributed by atoms with Gasteiger partial charge in [-0.05, 0) is 12.1 Å². The lowest BCUT2D eigenvalue weighted by Gasteiger charge is -2.13. The first-order valence-electron chi connectivity index (χ1n) is 4.15. The maximum atomic E-state index is 8.54. The molecule has 0 unspecified atom stereocenters. The molecule has 0 saturated heterocycles. The Morgan fingerprint density at radius 1 is 1.64 bits per heavy atom. The molecular weight excluding hydrogens is 244 g/mol. The average Bonchev–Trinajstić information content (AvgIpc) is 2.17. The molecular formula is C10H11BrN2O. The first-order chi connectivity index (χ1) is 6.69. The Morgan fingerprint density at radius 2 is 2.36 bits per heavy atom. The van der Waals surface area contributed by atoms with Gasteiger partial charge in [-0.15, -0.1) is 0 Å². The van der Waals surface area contributed by atoms with Gasteiger partial charge in [0.15, 0.2) is 0 Å². The van der Waals surface area contributed by atoms with Gasteiger partial charge in [-0.1, -0.05) is 22.0 Å². The van der Waals surface area contributed by atoms with Crippen LogP contribution < -0.4 is 10.5 Å². The second-order valence-corrected chi connectivity index (χ2v) is 3.77. The average molecular weight is 255 g/mol. The van der Waals surface area contributed by atoms with Crippen molar-refractivity contribution in [2.24, 2.45) is 5.73 Å². The Morgan fingerprint density at radius 3 is 2.93 bits per heavy atom. The van der Waals surface area contributed by atoms with Crippen LogP contribution in [0.25, 0.3) is 0 Å². The maximum Gasteiger partial charge on any atom is 0.124 e. The van der Waals surface area contributed by atoms with Gasteiger partial charge in [0.2, 0.25) is 0 Å². The minimum absolute atomic E-state index is 0.289. The highest BCUT2D eigenvalue weighted by molar-refractivity contribution is 9.10. The third-order valence-electron chi connectivity index (χ3n) is 1.91. The predicted molar refractivity (Wildman–Crippen MR) is 57.9 cm³/mol. The van der Waals surface area contributed by atoms with Gasteiger partial charge in [0.25, 0.3) is 0 Å². The Balaban J connectivity index is 3.02. The van der Waals surface area contributed by atoms with E-state index in [1.807, 2.05) is 24.3 Å². The number of nitrogens with two attached hydrogens (primary N) is 1. The van der Waals surface area contributed by atoms with Crippen molar-refractivity contribution >= 4 is 15.9 Å². The van der Waals surface area contributed by atoms with E-state index in [2.05, 4.69) is 15.9 Å². The van der Waals surface area contributed by atoms with Gasteiger partial charge in [-0.2, -0.15) is 5.26 Å². The zero-order chi connectivity index (χ0) is 10.6. The molecule has 0 spiro atoms. The van der Waals surface area contributed by atoms with E-state index in [-0.39, 0.29) is 12.5 Å². The summed E-state index contributed by atoms with van der Waals surface area (Å²) >= 11 is 3.34. The fourth-order valence-electron chi connectivity index (χ4n) is 1.20. The van der Waals surface area contributed by atoms with Gasteiger partial charge in [-0.25, -0.2) is 0 Å². The van der Waals surface area contributed by atoms with Crippen molar-refractivity contribution < 1.29 is 4.74 Å². The Kier molecular flexibility index (Phi) is 3.93. The standard InChI is InChI=1S/C10H11BrN2O/c1-14-10-6-7(11)2-3-8(10)9(13)4-5-12/h2-3,6,9H,4,13H2,1H3/t9-/m1/s1. The minimum Gasteiger partial charge on any atom is -0.496 e. The van der Waals surface area contributed by atoms with Crippen LogP contribution in [0, 0.1) is 11.3 Å². The molecule has 0 amide bonds. The van der Waals surface area contributed by atoms with Crippen molar-refractivity contribution in [3.05, 3.63) is 28.2 Å². The largest absolute Gasteiger partial charge is 0.496 e. The van der Waals surface area contributed by atoms with Crippen molar-refractivity contribution in [3.8, 4) is 11.8 Å². The normalized spacial score (nSPS) is 11.9. The number of methoxy groups -OCH3 is 1. The summed E-state index contributed by atoms with van der Waals surface area (Å²) in [7, 11) is 1.59. The van der Waals surface area contributed by atoms with Crippen molar-refractivity contribution in [2.45, 2.75) is 12.5 Å². The monoisotopic (exact) mass is 254 g/mol. The smallest absolute Gasteiger partial charge is 0.124 e. The lowest BCUT2D eigenvalue weighted by atomic mass is 10.0. The molecule has 0 fully saturated rings. The summed E-state index contributed by atoms with van der Waals surface area (Å²) in [6, 6.07) is 7.34. The first kappa shape index (κ1) is 11.0. The summed E-state index contributed by atoms with van der Waals surface area (Å²) < 4.78 is 6.11. The molecule has 14 heavy (non-hydrogen) atoms. The number of hydrogen-bond acceptors (Lipinski definition) is 3. The number of halogens is 1. The fraction of sp³-hybridized carbons (Fsp3) is 0.300. The highest BCUT2D eigenvalue weighted by Crippen LogP contribution is 2.28. The van der Waals surface area contributed by atoms with Crippen molar-refractivity contribution in [3.63, 3.8) is 0 Å². The van der Waals surface area contributed by atoms with Crippen LogP contribution in [0.1, 0.15) is 18.0 Å².